The maximum absolute atomic E-state index is 11.1. The van der Waals surface area contributed by atoms with Gasteiger partial charge in [0.05, 0.1) is 5.56 Å². The molecule has 88 valence electrons. The average molecular weight is 220 g/mol. The minimum absolute atomic E-state index is 0.453. The van der Waals surface area contributed by atoms with Gasteiger partial charge >= 0.3 is 5.97 Å². The third-order valence-corrected chi connectivity index (χ3v) is 3.36. The Balaban J connectivity index is 3.24. The molecule has 0 unspecified atom stereocenters. The molecule has 1 N–H and O–H groups in total. The van der Waals surface area contributed by atoms with Gasteiger partial charge < -0.3 is 5.11 Å². The van der Waals surface area contributed by atoms with Gasteiger partial charge in [0.25, 0.3) is 0 Å². The fourth-order valence-electron chi connectivity index (χ4n) is 1.96. The summed E-state index contributed by atoms with van der Waals surface area (Å²) < 4.78 is 0. The van der Waals surface area contributed by atoms with E-state index >= 15 is 0 Å². The summed E-state index contributed by atoms with van der Waals surface area (Å²) in [5.74, 6) is -0.821. The van der Waals surface area contributed by atoms with Crippen molar-refractivity contribution in [1.29, 1.82) is 0 Å². The van der Waals surface area contributed by atoms with E-state index in [0.717, 1.165) is 30.4 Å². The lowest BCUT2D eigenvalue weighted by Crippen LogP contribution is -2.06. The smallest absolute Gasteiger partial charge is 0.335 e. The van der Waals surface area contributed by atoms with Crippen molar-refractivity contribution in [2.45, 2.75) is 47.0 Å². The van der Waals surface area contributed by atoms with E-state index in [-0.39, 0.29) is 0 Å². The molecule has 2 heteroatoms. The van der Waals surface area contributed by atoms with E-state index in [9.17, 15) is 4.79 Å². The second-order valence-corrected chi connectivity index (χ2v) is 4.37. The summed E-state index contributed by atoms with van der Waals surface area (Å²) in [6.07, 6.45) is 3.22. The molecule has 0 aliphatic carbocycles. The predicted molar refractivity (Wildman–Crippen MR) is 66.2 cm³/mol. The lowest BCUT2D eigenvalue weighted by Gasteiger charge is -2.14. The first-order chi connectivity index (χ1) is 7.49. The molecular weight excluding hydrogens is 200 g/mol. The van der Waals surface area contributed by atoms with Crippen LogP contribution >= 0.6 is 0 Å². The van der Waals surface area contributed by atoms with E-state index < -0.39 is 5.97 Å². The van der Waals surface area contributed by atoms with E-state index in [1.165, 1.54) is 11.1 Å². The number of carboxylic acids is 1. The van der Waals surface area contributed by atoms with Crippen LogP contribution in [-0.4, -0.2) is 11.1 Å². The monoisotopic (exact) mass is 220 g/mol. The number of unbranched alkanes of at least 4 members (excludes halogenated alkanes) is 1. The van der Waals surface area contributed by atoms with Crippen LogP contribution in [0.5, 0.6) is 0 Å². The van der Waals surface area contributed by atoms with Crippen molar-refractivity contribution in [3.05, 3.63) is 33.9 Å². The highest BCUT2D eigenvalue weighted by molar-refractivity contribution is 5.90. The molecule has 0 aliphatic rings. The molecule has 16 heavy (non-hydrogen) atoms. The van der Waals surface area contributed by atoms with Gasteiger partial charge in [-0.1, -0.05) is 13.3 Å². The molecule has 0 amide bonds. The van der Waals surface area contributed by atoms with E-state index in [0.29, 0.717) is 5.56 Å². The minimum atomic E-state index is -0.821. The van der Waals surface area contributed by atoms with E-state index in [2.05, 4.69) is 13.8 Å². The minimum Gasteiger partial charge on any atom is -0.478 e. The molecule has 0 atom stereocenters. The number of aryl methyl sites for hydroxylation is 1. The van der Waals surface area contributed by atoms with Crippen LogP contribution in [0.25, 0.3) is 0 Å². The molecule has 0 aliphatic heterocycles. The summed E-state index contributed by atoms with van der Waals surface area (Å²) >= 11 is 0. The zero-order valence-corrected chi connectivity index (χ0v) is 10.6. The maximum Gasteiger partial charge on any atom is 0.335 e. The highest BCUT2D eigenvalue weighted by Crippen LogP contribution is 2.23. The Morgan fingerprint density at radius 1 is 1.19 bits per heavy atom. The standard InChI is InChI=1S/C14H20O2/c1-5-6-7-12-8-13(14(15)16)11(4)9(2)10(12)3/h8H,5-7H2,1-4H3,(H,15,16). The van der Waals surface area contributed by atoms with Gasteiger partial charge in [-0.2, -0.15) is 0 Å². The van der Waals surface area contributed by atoms with Crippen LogP contribution in [-0.2, 0) is 6.42 Å². The largest absolute Gasteiger partial charge is 0.478 e. The first-order valence-electron chi connectivity index (χ1n) is 5.82. The van der Waals surface area contributed by atoms with Crippen molar-refractivity contribution in [2.24, 2.45) is 0 Å². The average Bonchev–Trinajstić information content (AvgIpc) is 2.24. The third-order valence-electron chi connectivity index (χ3n) is 3.36. The Kier molecular flexibility index (Phi) is 4.11. The molecule has 0 saturated carbocycles. The highest BCUT2D eigenvalue weighted by Gasteiger charge is 2.13. The summed E-state index contributed by atoms with van der Waals surface area (Å²) in [4.78, 5) is 11.1. The Morgan fingerprint density at radius 2 is 1.81 bits per heavy atom. The Labute approximate surface area is 97.3 Å². The van der Waals surface area contributed by atoms with Crippen molar-refractivity contribution in [3.8, 4) is 0 Å². The van der Waals surface area contributed by atoms with Crippen LogP contribution in [0.2, 0.25) is 0 Å². The van der Waals surface area contributed by atoms with Gasteiger partial charge in [-0.3, -0.25) is 0 Å². The van der Waals surface area contributed by atoms with Crippen LogP contribution in [0.15, 0.2) is 6.07 Å². The molecule has 0 heterocycles. The zero-order valence-electron chi connectivity index (χ0n) is 10.6. The lowest BCUT2D eigenvalue weighted by atomic mass is 9.91. The molecule has 1 rings (SSSR count). The first kappa shape index (κ1) is 12.8. The van der Waals surface area contributed by atoms with Gasteiger partial charge in [0.1, 0.15) is 0 Å². The molecule has 0 spiro atoms. The summed E-state index contributed by atoms with van der Waals surface area (Å²) in [6, 6.07) is 1.84. The SMILES string of the molecule is CCCCc1cc(C(=O)O)c(C)c(C)c1C. The summed E-state index contributed by atoms with van der Waals surface area (Å²) in [6.45, 7) is 8.12. The summed E-state index contributed by atoms with van der Waals surface area (Å²) in [5.41, 5.74) is 4.89. The van der Waals surface area contributed by atoms with E-state index in [1.807, 2.05) is 19.9 Å². The number of hydrogen-bond donors (Lipinski definition) is 1. The third kappa shape index (κ3) is 2.43. The first-order valence-corrected chi connectivity index (χ1v) is 5.82. The second kappa shape index (κ2) is 5.15. The topological polar surface area (TPSA) is 37.3 Å². The molecule has 1 aromatic carbocycles. The van der Waals surface area contributed by atoms with Gasteiger partial charge in [0.2, 0.25) is 0 Å². The Morgan fingerprint density at radius 3 is 2.31 bits per heavy atom. The number of rotatable bonds is 4. The Bertz CT molecular complexity index is 406. The van der Waals surface area contributed by atoms with E-state index in [4.69, 9.17) is 5.11 Å². The van der Waals surface area contributed by atoms with Crippen LogP contribution in [0.3, 0.4) is 0 Å². The maximum atomic E-state index is 11.1. The molecule has 0 saturated heterocycles. The number of carbonyl (C=O) groups is 1. The molecule has 2 nitrogen and oxygen atoms in total. The fourth-order valence-corrected chi connectivity index (χ4v) is 1.96. The molecule has 1 aromatic rings. The van der Waals surface area contributed by atoms with Crippen molar-refractivity contribution < 1.29 is 9.90 Å². The van der Waals surface area contributed by atoms with Crippen molar-refractivity contribution >= 4 is 5.97 Å². The van der Waals surface area contributed by atoms with Crippen LogP contribution < -0.4 is 0 Å². The van der Waals surface area contributed by atoms with Gasteiger partial charge in [-0.05, 0) is 61.9 Å². The molecule has 0 bridgehead atoms. The molecule has 0 fully saturated rings. The second-order valence-electron chi connectivity index (χ2n) is 4.37. The van der Waals surface area contributed by atoms with Crippen LogP contribution in [0.1, 0.15) is 52.4 Å². The molecular formula is C14H20O2. The van der Waals surface area contributed by atoms with Crippen LogP contribution in [0, 0.1) is 20.8 Å². The zero-order chi connectivity index (χ0) is 12.3. The lowest BCUT2D eigenvalue weighted by molar-refractivity contribution is 0.0696. The Hall–Kier alpha value is -1.31. The molecule has 0 aromatic heterocycles. The van der Waals surface area contributed by atoms with Gasteiger partial charge in [0, 0.05) is 0 Å². The summed E-state index contributed by atoms with van der Waals surface area (Å²) in [7, 11) is 0. The van der Waals surface area contributed by atoms with Gasteiger partial charge in [-0.25, -0.2) is 4.79 Å². The van der Waals surface area contributed by atoms with Gasteiger partial charge in [-0.15, -0.1) is 0 Å². The van der Waals surface area contributed by atoms with Gasteiger partial charge in [0.15, 0.2) is 0 Å². The fraction of sp³-hybridized carbons (Fsp3) is 0.500. The number of hydrogen-bond acceptors (Lipinski definition) is 1. The predicted octanol–water partition coefficient (Wildman–Crippen LogP) is 3.65. The van der Waals surface area contributed by atoms with Crippen molar-refractivity contribution in [3.63, 3.8) is 0 Å². The quantitative estimate of drug-likeness (QED) is 0.840. The van der Waals surface area contributed by atoms with E-state index in [1.54, 1.807) is 0 Å². The number of aromatic carboxylic acids is 1. The number of carboxylic acid groups (broad SMARTS) is 1. The molecule has 0 radical (unpaired) electrons. The normalized spacial score (nSPS) is 10.5. The number of benzene rings is 1. The summed E-state index contributed by atoms with van der Waals surface area (Å²) in [5, 5.41) is 9.13. The van der Waals surface area contributed by atoms with Crippen LogP contribution in [0.4, 0.5) is 0 Å². The van der Waals surface area contributed by atoms with Crippen molar-refractivity contribution in [1.82, 2.24) is 0 Å². The highest BCUT2D eigenvalue weighted by atomic mass is 16.4. The van der Waals surface area contributed by atoms with Crippen molar-refractivity contribution in [2.75, 3.05) is 0 Å².